The molecule has 1 amide bonds. The second kappa shape index (κ2) is 12.7. The molecule has 0 saturated carbocycles. The maximum atomic E-state index is 12.9. The molecular weight excluding hydrogens is 472 g/mol. The van der Waals surface area contributed by atoms with Crippen molar-refractivity contribution in [1.29, 1.82) is 0 Å². The van der Waals surface area contributed by atoms with Gasteiger partial charge < -0.3 is 19.5 Å². The summed E-state index contributed by atoms with van der Waals surface area (Å²) < 4.78 is 15.7. The minimum absolute atomic E-state index is 0.161. The van der Waals surface area contributed by atoms with Crippen LogP contribution in [0, 0.1) is 13.8 Å². The van der Waals surface area contributed by atoms with E-state index >= 15 is 0 Å². The Balaban J connectivity index is 1.94. The topological polar surface area (TPSA) is 104 Å². The SMILES string of the molecule is CCOC(=O)c1c(C)nc(C)c(C(=O)OCC)c1-c1cccc(NC(=O)CCc2ccc(OC)cc2)c1. The number of hydrogen-bond acceptors (Lipinski definition) is 7. The molecule has 0 atom stereocenters. The molecule has 1 N–H and O–H groups in total. The van der Waals surface area contributed by atoms with Crippen LogP contribution in [0.3, 0.4) is 0 Å². The van der Waals surface area contributed by atoms with E-state index in [2.05, 4.69) is 10.3 Å². The first kappa shape index (κ1) is 27.4. The smallest absolute Gasteiger partial charge is 0.340 e. The van der Waals surface area contributed by atoms with Crippen molar-refractivity contribution in [3.05, 3.63) is 76.6 Å². The minimum atomic E-state index is -0.582. The highest BCUT2D eigenvalue weighted by Crippen LogP contribution is 2.34. The van der Waals surface area contributed by atoms with Gasteiger partial charge in [-0.2, -0.15) is 0 Å². The summed E-state index contributed by atoms with van der Waals surface area (Å²) in [5, 5.41) is 2.91. The lowest BCUT2D eigenvalue weighted by atomic mass is 9.92. The highest BCUT2D eigenvalue weighted by atomic mass is 16.5. The molecule has 8 nitrogen and oxygen atoms in total. The number of amides is 1. The van der Waals surface area contributed by atoms with Gasteiger partial charge in [0.05, 0.1) is 42.8 Å². The number of benzene rings is 2. The lowest BCUT2D eigenvalue weighted by Gasteiger charge is -2.18. The predicted molar refractivity (Wildman–Crippen MR) is 141 cm³/mol. The maximum Gasteiger partial charge on any atom is 0.340 e. The molecule has 1 heterocycles. The van der Waals surface area contributed by atoms with Crippen molar-refractivity contribution in [2.24, 2.45) is 0 Å². The van der Waals surface area contributed by atoms with E-state index in [4.69, 9.17) is 14.2 Å². The number of pyridine rings is 1. The quantitative estimate of drug-likeness (QED) is 0.374. The van der Waals surface area contributed by atoms with Gasteiger partial charge in [-0.3, -0.25) is 9.78 Å². The first-order chi connectivity index (χ1) is 17.8. The third kappa shape index (κ3) is 6.73. The van der Waals surface area contributed by atoms with Gasteiger partial charge in [0.15, 0.2) is 0 Å². The van der Waals surface area contributed by atoms with Crippen LogP contribution in [-0.4, -0.2) is 43.2 Å². The molecule has 3 aromatic rings. The molecule has 0 spiro atoms. The van der Waals surface area contributed by atoms with Gasteiger partial charge in [-0.25, -0.2) is 9.59 Å². The number of carbonyl (C=O) groups excluding carboxylic acids is 3. The summed E-state index contributed by atoms with van der Waals surface area (Å²) >= 11 is 0. The fraction of sp³-hybridized carbons (Fsp3) is 0.310. The van der Waals surface area contributed by atoms with E-state index in [1.54, 1.807) is 59.1 Å². The molecule has 1 aromatic heterocycles. The lowest BCUT2D eigenvalue weighted by molar-refractivity contribution is -0.116. The van der Waals surface area contributed by atoms with Gasteiger partial charge >= 0.3 is 11.9 Å². The normalized spacial score (nSPS) is 10.5. The Bertz CT molecular complexity index is 1240. The van der Waals surface area contributed by atoms with E-state index in [0.29, 0.717) is 34.6 Å². The van der Waals surface area contributed by atoms with Crippen molar-refractivity contribution in [1.82, 2.24) is 4.98 Å². The lowest BCUT2D eigenvalue weighted by Crippen LogP contribution is -2.17. The van der Waals surface area contributed by atoms with Gasteiger partial charge in [-0.1, -0.05) is 24.3 Å². The standard InChI is InChI=1S/C29H32N2O6/c1-6-36-28(33)25-18(3)30-19(4)26(29(34)37-7-2)27(25)21-9-8-10-22(17-21)31-24(32)16-13-20-11-14-23(35-5)15-12-20/h8-12,14-15,17H,6-7,13,16H2,1-5H3,(H,31,32). The van der Waals surface area contributed by atoms with Gasteiger partial charge in [0.1, 0.15) is 5.75 Å². The Labute approximate surface area is 217 Å². The number of carbonyl (C=O) groups is 3. The number of methoxy groups -OCH3 is 1. The van der Waals surface area contributed by atoms with Crippen LogP contribution in [0.5, 0.6) is 5.75 Å². The summed E-state index contributed by atoms with van der Waals surface area (Å²) in [7, 11) is 1.61. The van der Waals surface area contributed by atoms with Crippen molar-refractivity contribution < 1.29 is 28.6 Å². The van der Waals surface area contributed by atoms with Crippen LogP contribution in [0.1, 0.15) is 57.9 Å². The van der Waals surface area contributed by atoms with Crippen molar-refractivity contribution in [3.8, 4) is 16.9 Å². The number of aromatic nitrogens is 1. The number of nitrogens with zero attached hydrogens (tertiary/aromatic N) is 1. The Morgan fingerprint density at radius 2 is 1.46 bits per heavy atom. The van der Waals surface area contributed by atoms with E-state index in [-0.39, 0.29) is 36.7 Å². The molecule has 2 aromatic carbocycles. The monoisotopic (exact) mass is 504 g/mol. The van der Waals surface area contributed by atoms with Gasteiger partial charge in [0.2, 0.25) is 5.91 Å². The summed E-state index contributed by atoms with van der Waals surface area (Å²) in [5.41, 5.74) is 3.75. The van der Waals surface area contributed by atoms with E-state index in [1.165, 1.54) is 0 Å². The summed E-state index contributed by atoms with van der Waals surface area (Å²) in [5.74, 6) is -0.564. The van der Waals surface area contributed by atoms with Crippen LogP contribution in [0.4, 0.5) is 5.69 Å². The van der Waals surface area contributed by atoms with Gasteiger partial charge in [-0.05, 0) is 69.5 Å². The van der Waals surface area contributed by atoms with Crippen LogP contribution in [0.15, 0.2) is 48.5 Å². The molecule has 8 heteroatoms. The Hall–Kier alpha value is -4.20. The summed E-state index contributed by atoms with van der Waals surface area (Å²) in [6, 6.07) is 14.6. The Morgan fingerprint density at radius 3 is 2.00 bits per heavy atom. The molecule has 0 bridgehead atoms. The predicted octanol–water partition coefficient (Wildman–Crippen LogP) is 5.30. The zero-order valence-corrected chi connectivity index (χ0v) is 21.8. The Kier molecular flexibility index (Phi) is 9.38. The molecule has 0 saturated heterocycles. The van der Waals surface area contributed by atoms with Crippen molar-refractivity contribution >= 4 is 23.5 Å². The molecule has 0 aliphatic carbocycles. The number of nitrogens with one attached hydrogen (secondary N) is 1. The number of anilines is 1. The number of ether oxygens (including phenoxy) is 3. The highest BCUT2D eigenvalue weighted by molar-refractivity contribution is 6.07. The average Bonchev–Trinajstić information content (AvgIpc) is 2.87. The summed E-state index contributed by atoms with van der Waals surface area (Å²) in [4.78, 5) is 43.0. The molecule has 3 rings (SSSR count). The van der Waals surface area contributed by atoms with Crippen LogP contribution in [0.2, 0.25) is 0 Å². The number of esters is 2. The first-order valence-electron chi connectivity index (χ1n) is 12.2. The van der Waals surface area contributed by atoms with Crippen molar-refractivity contribution in [3.63, 3.8) is 0 Å². The van der Waals surface area contributed by atoms with Gasteiger partial charge in [0.25, 0.3) is 0 Å². The highest BCUT2D eigenvalue weighted by Gasteiger charge is 2.28. The van der Waals surface area contributed by atoms with Crippen LogP contribution >= 0.6 is 0 Å². The number of hydrogen-bond donors (Lipinski definition) is 1. The third-order valence-electron chi connectivity index (χ3n) is 5.75. The molecule has 0 radical (unpaired) electrons. The Morgan fingerprint density at radius 1 is 0.865 bits per heavy atom. The minimum Gasteiger partial charge on any atom is -0.497 e. The molecule has 0 aliphatic rings. The van der Waals surface area contributed by atoms with Crippen molar-refractivity contribution in [2.45, 2.75) is 40.5 Å². The van der Waals surface area contributed by atoms with E-state index in [1.807, 2.05) is 24.3 Å². The van der Waals surface area contributed by atoms with Crippen LogP contribution in [0.25, 0.3) is 11.1 Å². The van der Waals surface area contributed by atoms with Gasteiger partial charge in [-0.15, -0.1) is 0 Å². The second-order valence-corrected chi connectivity index (χ2v) is 8.33. The molecule has 37 heavy (non-hydrogen) atoms. The molecule has 0 unspecified atom stereocenters. The zero-order valence-electron chi connectivity index (χ0n) is 21.8. The summed E-state index contributed by atoms with van der Waals surface area (Å²) in [6.07, 6.45) is 0.852. The fourth-order valence-electron chi connectivity index (χ4n) is 4.07. The molecule has 0 fully saturated rings. The van der Waals surface area contributed by atoms with Gasteiger partial charge in [0, 0.05) is 17.7 Å². The summed E-state index contributed by atoms with van der Waals surface area (Å²) in [6.45, 7) is 7.16. The molecule has 194 valence electrons. The van der Waals surface area contributed by atoms with Crippen LogP contribution < -0.4 is 10.1 Å². The van der Waals surface area contributed by atoms with E-state index in [0.717, 1.165) is 11.3 Å². The largest absolute Gasteiger partial charge is 0.497 e. The van der Waals surface area contributed by atoms with E-state index in [9.17, 15) is 14.4 Å². The second-order valence-electron chi connectivity index (χ2n) is 8.33. The molecule has 0 aliphatic heterocycles. The number of rotatable bonds is 10. The fourth-order valence-corrected chi connectivity index (χ4v) is 4.07. The maximum absolute atomic E-state index is 12.9. The first-order valence-corrected chi connectivity index (χ1v) is 12.2. The molecular formula is C29H32N2O6. The van der Waals surface area contributed by atoms with Crippen LogP contribution in [-0.2, 0) is 20.7 Å². The van der Waals surface area contributed by atoms with Crippen molar-refractivity contribution in [2.75, 3.05) is 25.6 Å². The zero-order chi connectivity index (χ0) is 26.9. The average molecular weight is 505 g/mol. The third-order valence-corrected chi connectivity index (χ3v) is 5.75. The number of aryl methyl sites for hydroxylation is 3. The van der Waals surface area contributed by atoms with E-state index < -0.39 is 11.9 Å².